The second kappa shape index (κ2) is 7.53. The van der Waals surface area contributed by atoms with Crippen molar-refractivity contribution in [2.45, 2.75) is 19.0 Å². The molecule has 0 amide bonds. The van der Waals surface area contributed by atoms with Crippen molar-refractivity contribution in [2.24, 2.45) is 5.73 Å². The molecule has 0 bridgehead atoms. The highest BCUT2D eigenvalue weighted by Crippen LogP contribution is 1.99. The maximum Gasteiger partial charge on any atom is 0.138 e. The van der Waals surface area contributed by atoms with Gasteiger partial charge in [-0.25, -0.2) is 0 Å². The Labute approximate surface area is 69.4 Å². The fraction of sp³-hybridized carbons (Fsp3) is 1.00. The van der Waals surface area contributed by atoms with Crippen LogP contribution >= 0.6 is 11.1 Å². The topological polar surface area (TPSA) is 38.0 Å². The molecule has 10 heavy (non-hydrogen) atoms. The lowest BCUT2D eigenvalue weighted by atomic mass is 10.5. The highest BCUT2D eigenvalue weighted by atomic mass is 35.6. The molecule has 4 heteroatoms. The van der Waals surface area contributed by atoms with Crippen molar-refractivity contribution < 1.29 is 0 Å². The maximum atomic E-state index is 5.88. The molecule has 0 aliphatic rings. The summed E-state index contributed by atoms with van der Waals surface area (Å²) in [4.78, 5) is 0. The van der Waals surface area contributed by atoms with E-state index >= 15 is 0 Å². The van der Waals surface area contributed by atoms with Crippen molar-refractivity contribution in [1.82, 2.24) is 5.32 Å². The van der Waals surface area contributed by atoms with Gasteiger partial charge in [-0.15, -0.1) is 0 Å². The van der Waals surface area contributed by atoms with E-state index in [9.17, 15) is 0 Å². The van der Waals surface area contributed by atoms with Gasteiger partial charge in [-0.05, 0) is 19.0 Å². The Bertz CT molecular complexity index is 70.8. The maximum absolute atomic E-state index is 5.88. The minimum atomic E-state index is -0.821. The van der Waals surface area contributed by atoms with Crippen LogP contribution in [0.25, 0.3) is 0 Å². The van der Waals surface area contributed by atoms with Gasteiger partial charge < -0.3 is 11.1 Å². The molecule has 0 radical (unpaired) electrons. The van der Waals surface area contributed by atoms with Crippen LogP contribution in [0.1, 0.15) is 6.42 Å². The second-order valence-electron chi connectivity index (χ2n) is 2.46. The highest BCUT2D eigenvalue weighted by Gasteiger charge is 1.96. The average molecular weight is 181 g/mol. The van der Waals surface area contributed by atoms with Gasteiger partial charge in [0.1, 0.15) is 8.11 Å². The van der Waals surface area contributed by atoms with E-state index in [0.29, 0.717) is 0 Å². The molecule has 3 N–H and O–H groups in total. The zero-order chi connectivity index (χ0) is 7.82. The Morgan fingerprint density at radius 3 is 2.70 bits per heavy atom. The number of nitrogens with one attached hydrogen (secondary N) is 1. The summed E-state index contributed by atoms with van der Waals surface area (Å²) in [6.45, 7) is 4.89. The molecule has 0 saturated carbocycles. The molecule has 1 atom stereocenters. The minimum Gasteiger partial charge on any atom is -0.329 e. The summed E-state index contributed by atoms with van der Waals surface area (Å²) >= 11 is 5.88. The average Bonchev–Trinajstić information content (AvgIpc) is 1.87. The fourth-order valence-electron chi connectivity index (χ4n) is 0.735. The predicted molar refractivity (Wildman–Crippen MR) is 50.2 cm³/mol. The zero-order valence-corrected chi connectivity index (χ0v) is 8.48. The molecule has 0 heterocycles. The van der Waals surface area contributed by atoms with E-state index in [0.717, 1.165) is 19.6 Å². The molecule has 62 valence electrons. The third kappa shape index (κ3) is 8.43. The summed E-state index contributed by atoms with van der Waals surface area (Å²) < 4.78 is 0. The minimum absolute atomic E-state index is 0.730. The Balaban J connectivity index is 2.77. The Hall–Kier alpha value is 0.427. The Morgan fingerprint density at radius 2 is 2.20 bits per heavy atom. The van der Waals surface area contributed by atoms with Crippen molar-refractivity contribution in [2.75, 3.05) is 19.6 Å². The van der Waals surface area contributed by atoms with Gasteiger partial charge in [0, 0.05) is 13.1 Å². The number of hydrogen-bond donors (Lipinski definition) is 2. The van der Waals surface area contributed by atoms with Gasteiger partial charge in [0.25, 0.3) is 0 Å². The molecule has 0 aromatic carbocycles. The van der Waals surface area contributed by atoms with E-state index in [1.54, 1.807) is 0 Å². The lowest BCUT2D eigenvalue weighted by Gasteiger charge is -2.02. The summed E-state index contributed by atoms with van der Waals surface area (Å²) in [7, 11) is -0.821. The van der Waals surface area contributed by atoms with Gasteiger partial charge in [-0.3, -0.25) is 0 Å². The standard InChI is InChI=1S/C6H17ClN2Si/c1-10(7)6-2-4-9-5-3-8/h9-10H,2-6,8H2,1H3. The van der Waals surface area contributed by atoms with E-state index in [2.05, 4.69) is 11.9 Å². The first-order valence-electron chi connectivity index (χ1n) is 3.82. The smallest absolute Gasteiger partial charge is 0.138 e. The van der Waals surface area contributed by atoms with E-state index < -0.39 is 8.11 Å². The summed E-state index contributed by atoms with van der Waals surface area (Å²) in [5.41, 5.74) is 5.29. The van der Waals surface area contributed by atoms with Gasteiger partial charge >= 0.3 is 0 Å². The quantitative estimate of drug-likeness (QED) is 0.356. The van der Waals surface area contributed by atoms with E-state index in [1.165, 1.54) is 12.5 Å². The zero-order valence-electron chi connectivity index (χ0n) is 6.57. The predicted octanol–water partition coefficient (Wildman–Crippen LogP) is 0.517. The first-order chi connectivity index (χ1) is 4.77. The van der Waals surface area contributed by atoms with Crippen LogP contribution in [0.2, 0.25) is 12.6 Å². The van der Waals surface area contributed by atoms with Crippen molar-refractivity contribution in [3.05, 3.63) is 0 Å². The molecule has 0 spiro atoms. The van der Waals surface area contributed by atoms with Crippen LogP contribution in [-0.4, -0.2) is 27.7 Å². The molecule has 2 nitrogen and oxygen atoms in total. The summed E-state index contributed by atoms with van der Waals surface area (Å²) in [6.07, 6.45) is 1.21. The molecular weight excluding hydrogens is 164 g/mol. The number of hydrogen-bond acceptors (Lipinski definition) is 2. The second-order valence-corrected chi connectivity index (χ2v) is 6.84. The summed E-state index contributed by atoms with van der Waals surface area (Å²) in [5.74, 6) is 0. The number of nitrogens with two attached hydrogens (primary N) is 1. The molecule has 0 rings (SSSR count). The van der Waals surface area contributed by atoms with Gasteiger partial charge in [-0.1, -0.05) is 6.55 Å². The number of halogens is 1. The van der Waals surface area contributed by atoms with Crippen LogP contribution in [-0.2, 0) is 0 Å². The third-order valence-corrected chi connectivity index (χ3v) is 3.14. The van der Waals surface area contributed by atoms with Gasteiger partial charge in [0.2, 0.25) is 0 Å². The van der Waals surface area contributed by atoms with Crippen LogP contribution in [0.15, 0.2) is 0 Å². The monoisotopic (exact) mass is 180 g/mol. The fourth-order valence-corrected chi connectivity index (χ4v) is 1.96. The normalized spacial score (nSPS) is 13.5. The molecule has 1 unspecified atom stereocenters. The molecule has 0 aliphatic carbocycles. The van der Waals surface area contributed by atoms with Crippen molar-refractivity contribution in [1.29, 1.82) is 0 Å². The molecule has 0 aromatic heterocycles. The molecular formula is C6H17ClN2Si. The van der Waals surface area contributed by atoms with Crippen molar-refractivity contribution >= 4 is 19.2 Å². The lowest BCUT2D eigenvalue weighted by molar-refractivity contribution is 0.677. The van der Waals surface area contributed by atoms with Crippen LogP contribution in [0.3, 0.4) is 0 Å². The SMILES string of the molecule is C[SiH](Cl)CCCNCCN. The molecule has 0 saturated heterocycles. The van der Waals surface area contributed by atoms with E-state index in [1.807, 2.05) is 0 Å². The first-order valence-corrected chi connectivity index (χ1v) is 7.54. The van der Waals surface area contributed by atoms with Crippen LogP contribution in [0, 0.1) is 0 Å². The first kappa shape index (κ1) is 10.4. The number of rotatable bonds is 6. The van der Waals surface area contributed by atoms with E-state index in [-0.39, 0.29) is 0 Å². The van der Waals surface area contributed by atoms with Gasteiger partial charge in [0.15, 0.2) is 0 Å². The van der Waals surface area contributed by atoms with Crippen LogP contribution < -0.4 is 11.1 Å². The van der Waals surface area contributed by atoms with Crippen LogP contribution in [0.4, 0.5) is 0 Å². The lowest BCUT2D eigenvalue weighted by Crippen LogP contribution is -2.23. The highest BCUT2D eigenvalue weighted by molar-refractivity contribution is 7.06. The van der Waals surface area contributed by atoms with Crippen molar-refractivity contribution in [3.8, 4) is 0 Å². The van der Waals surface area contributed by atoms with Gasteiger partial charge in [0.05, 0.1) is 0 Å². The third-order valence-electron chi connectivity index (χ3n) is 1.28. The summed E-state index contributed by atoms with van der Waals surface area (Å²) in [5, 5.41) is 3.23. The largest absolute Gasteiger partial charge is 0.329 e. The van der Waals surface area contributed by atoms with Gasteiger partial charge in [-0.2, -0.15) is 11.1 Å². The Morgan fingerprint density at radius 1 is 1.50 bits per heavy atom. The molecule has 0 aromatic rings. The summed E-state index contributed by atoms with van der Waals surface area (Å²) in [6, 6.07) is 1.22. The molecule has 0 fully saturated rings. The van der Waals surface area contributed by atoms with Crippen molar-refractivity contribution in [3.63, 3.8) is 0 Å². The molecule has 0 aliphatic heterocycles. The Kier molecular flexibility index (Phi) is 7.85. The van der Waals surface area contributed by atoms with E-state index in [4.69, 9.17) is 16.8 Å². The van der Waals surface area contributed by atoms with Crippen LogP contribution in [0.5, 0.6) is 0 Å².